The molecule has 0 radical (unpaired) electrons. The van der Waals surface area contributed by atoms with Crippen LogP contribution in [0.15, 0.2) is 23.6 Å². The highest BCUT2D eigenvalue weighted by atomic mass is 35.5. The Kier molecular flexibility index (Phi) is 6.60. The largest absolute Gasteiger partial charge is 0.464 e. The van der Waals surface area contributed by atoms with E-state index in [1.54, 1.807) is 28.5 Å². The van der Waals surface area contributed by atoms with Gasteiger partial charge in [0, 0.05) is 17.5 Å². The number of esters is 1. The molecule has 0 N–H and O–H groups in total. The third-order valence-corrected chi connectivity index (χ3v) is 4.79. The number of halogens is 2. The number of aromatic nitrogens is 1. The molecule has 2 aromatic rings. The lowest BCUT2D eigenvalue weighted by atomic mass is 10.2. The van der Waals surface area contributed by atoms with Crippen LogP contribution in [0.5, 0.6) is 0 Å². The van der Waals surface area contributed by atoms with E-state index in [4.69, 9.17) is 23.2 Å². The number of ether oxygens (including phenoxy) is 1. The standard InChI is InChI=1S/C16H16Cl2N2O3S/c1-3-6-20(8-14-19-13(9-24-14)16(22)23-2)15(21)10-4-5-11(17)12(18)7-10/h4-5,7,9H,3,6,8H2,1-2H3. The Bertz CT molecular complexity index is 749. The molecule has 0 aliphatic carbocycles. The molecule has 2 rings (SSSR count). The lowest BCUT2D eigenvalue weighted by Crippen LogP contribution is -2.31. The molecule has 0 aliphatic heterocycles. The molecule has 8 heteroatoms. The van der Waals surface area contributed by atoms with Gasteiger partial charge in [-0.1, -0.05) is 30.1 Å². The number of carbonyl (C=O) groups excluding carboxylic acids is 2. The number of nitrogens with zero attached hydrogens (tertiary/aromatic N) is 2. The van der Waals surface area contributed by atoms with Crippen molar-refractivity contribution in [2.45, 2.75) is 19.9 Å². The van der Waals surface area contributed by atoms with Gasteiger partial charge in [-0.25, -0.2) is 9.78 Å². The highest BCUT2D eigenvalue weighted by Gasteiger charge is 2.19. The summed E-state index contributed by atoms with van der Waals surface area (Å²) in [7, 11) is 1.30. The molecule has 5 nitrogen and oxygen atoms in total. The summed E-state index contributed by atoms with van der Waals surface area (Å²) in [6, 6.07) is 4.79. The van der Waals surface area contributed by atoms with Crippen LogP contribution in [0.1, 0.15) is 39.2 Å². The predicted molar refractivity (Wildman–Crippen MR) is 94.9 cm³/mol. The van der Waals surface area contributed by atoms with Crippen molar-refractivity contribution in [1.82, 2.24) is 9.88 Å². The number of thiazole rings is 1. The molecule has 1 heterocycles. The van der Waals surface area contributed by atoms with Crippen LogP contribution < -0.4 is 0 Å². The third kappa shape index (κ3) is 4.47. The van der Waals surface area contributed by atoms with Crippen LogP contribution in [0.2, 0.25) is 10.0 Å². The second-order valence-corrected chi connectivity index (χ2v) is 6.73. The number of hydrogen-bond acceptors (Lipinski definition) is 5. The van der Waals surface area contributed by atoms with Crippen molar-refractivity contribution >= 4 is 46.4 Å². The summed E-state index contributed by atoms with van der Waals surface area (Å²) in [5, 5.41) is 3.02. The lowest BCUT2D eigenvalue weighted by Gasteiger charge is -2.21. The Balaban J connectivity index is 2.19. The number of rotatable bonds is 6. The van der Waals surface area contributed by atoms with Gasteiger partial charge in [0.2, 0.25) is 0 Å². The van der Waals surface area contributed by atoms with E-state index in [9.17, 15) is 9.59 Å². The van der Waals surface area contributed by atoms with Gasteiger partial charge in [-0.3, -0.25) is 4.79 Å². The highest BCUT2D eigenvalue weighted by molar-refractivity contribution is 7.09. The van der Waals surface area contributed by atoms with E-state index >= 15 is 0 Å². The Morgan fingerprint density at radius 1 is 1.29 bits per heavy atom. The highest BCUT2D eigenvalue weighted by Crippen LogP contribution is 2.24. The first-order valence-corrected chi connectivity index (χ1v) is 8.86. The number of benzene rings is 1. The maximum Gasteiger partial charge on any atom is 0.357 e. The summed E-state index contributed by atoms with van der Waals surface area (Å²) in [5.74, 6) is -0.652. The van der Waals surface area contributed by atoms with Gasteiger partial charge in [0.15, 0.2) is 5.69 Å². The Hall–Kier alpha value is -1.63. The summed E-state index contributed by atoms with van der Waals surface area (Å²) in [6.45, 7) is 2.86. The van der Waals surface area contributed by atoms with Crippen molar-refractivity contribution in [3.8, 4) is 0 Å². The second kappa shape index (κ2) is 8.46. The average molecular weight is 387 g/mol. The predicted octanol–water partition coefficient (Wildman–Crippen LogP) is 4.29. The smallest absolute Gasteiger partial charge is 0.357 e. The first-order chi connectivity index (χ1) is 11.5. The van der Waals surface area contributed by atoms with Crippen molar-refractivity contribution in [3.63, 3.8) is 0 Å². The zero-order valence-corrected chi connectivity index (χ0v) is 15.5. The molecule has 0 fully saturated rings. The van der Waals surface area contributed by atoms with Gasteiger partial charge in [0.25, 0.3) is 5.91 Å². The number of carbonyl (C=O) groups is 2. The maximum atomic E-state index is 12.7. The topological polar surface area (TPSA) is 59.5 Å². The number of amides is 1. The van der Waals surface area contributed by atoms with Crippen LogP contribution in [-0.2, 0) is 11.3 Å². The molecule has 0 atom stereocenters. The number of hydrogen-bond donors (Lipinski definition) is 0. The van der Waals surface area contributed by atoms with Crippen molar-refractivity contribution in [1.29, 1.82) is 0 Å². The van der Waals surface area contributed by atoms with Crippen molar-refractivity contribution in [3.05, 3.63) is 49.9 Å². The molecule has 1 amide bonds. The minimum Gasteiger partial charge on any atom is -0.464 e. The molecule has 0 saturated heterocycles. The normalized spacial score (nSPS) is 10.5. The Morgan fingerprint density at radius 2 is 2.04 bits per heavy atom. The van der Waals surface area contributed by atoms with E-state index in [1.807, 2.05) is 6.92 Å². The van der Waals surface area contributed by atoms with Crippen LogP contribution in [-0.4, -0.2) is 35.4 Å². The van der Waals surface area contributed by atoms with Crippen LogP contribution in [0.3, 0.4) is 0 Å². The molecule has 0 spiro atoms. The molecule has 1 aromatic heterocycles. The fourth-order valence-electron chi connectivity index (χ4n) is 2.08. The maximum absolute atomic E-state index is 12.7. The Morgan fingerprint density at radius 3 is 2.67 bits per heavy atom. The van der Waals surface area contributed by atoms with Crippen molar-refractivity contribution < 1.29 is 14.3 Å². The monoisotopic (exact) mass is 386 g/mol. The summed E-state index contributed by atoms with van der Waals surface area (Å²) in [5.41, 5.74) is 0.707. The number of methoxy groups -OCH3 is 1. The summed E-state index contributed by atoms with van der Waals surface area (Å²) < 4.78 is 4.64. The Labute approximate surface area is 154 Å². The lowest BCUT2D eigenvalue weighted by molar-refractivity contribution is 0.0594. The third-order valence-electron chi connectivity index (χ3n) is 3.22. The van der Waals surface area contributed by atoms with E-state index < -0.39 is 5.97 Å². The van der Waals surface area contributed by atoms with E-state index in [0.29, 0.717) is 33.7 Å². The molecule has 0 unspecified atom stereocenters. The van der Waals surface area contributed by atoms with Crippen molar-refractivity contribution in [2.75, 3.05) is 13.7 Å². The molecule has 0 bridgehead atoms. The average Bonchev–Trinajstić information content (AvgIpc) is 3.04. The van der Waals surface area contributed by atoms with Crippen LogP contribution in [0.25, 0.3) is 0 Å². The fraction of sp³-hybridized carbons (Fsp3) is 0.312. The molecule has 0 saturated carbocycles. The van der Waals surface area contributed by atoms with Gasteiger partial charge < -0.3 is 9.64 Å². The second-order valence-electron chi connectivity index (χ2n) is 4.97. The molecular weight excluding hydrogens is 371 g/mol. The summed E-state index contributed by atoms with van der Waals surface area (Å²) >= 11 is 13.2. The van der Waals surface area contributed by atoms with Crippen LogP contribution in [0, 0.1) is 0 Å². The van der Waals surface area contributed by atoms with Gasteiger partial charge in [-0.15, -0.1) is 11.3 Å². The minimum absolute atomic E-state index is 0.162. The fourth-order valence-corrected chi connectivity index (χ4v) is 3.16. The quantitative estimate of drug-likeness (QED) is 0.694. The summed E-state index contributed by atoms with van der Waals surface area (Å²) in [4.78, 5) is 30.1. The molecule has 1 aromatic carbocycles. The van der Waals surface area contributed by atoms with E-state index in [1.165, 1.54) is 18.4 Å². The zero-order chi connectivity index (χ0) is 17.7. The molecular formula is C16H16Cl2N2O3S. The minimum atomic E-state index is -0.490. The van der Waals surface area contributed by atoms with Gasteiger partial charge in [0.05, 0.1) is 23.7 Å². The zero-order valence-electron chi connectivity index (χ0n) is 13.2. The van der Waals surface area contributed by atoms with Crippen LogP contribution >= 0.6 is 34.5 Å². The summed E-state index contributed by atoms with van der Waals surface area (Å²) in [6.07, 6.45) is 0.794. The first kappa shape index (κ1) is 18.7. The van der Waals surface area contributed by atoms with Gasteiger partial charge in [-0.05, 0) is 24.6 Å². The van der Waals surface area contributed by atoms with Gasteiger partial charge in [0.1, 0.15) is 5.01 Å². The van der Waals surface area contributed by atoms with Crippen molar-refractivity contribution in [2.24, 2.45) is 0 Å². The SMILES string of the molecule is CCCN(Cc1nc(C(=O)OC)cs1)C(=O)c1ccc(Cl)c(Cl)c1. The molecule has 0 aliphatic rings. The molecule has 24 heavy (non-hydrogen) atoms. The van der Waals surface area contributed by atoms with Gasteiger partial charge >= 0.3 is 5.97 Å². The first-order valence-electron chi connectivity index (χ1n) is 7.23. The van der Waals surface area contributed by atoms with E-state index in [0.717, 1.165) is 6.42 Å². The van der Waals surface area contributed by atoms with E-state index in [2.05, 4.69) is 9.72 Å². The molecule has 128 valence electrons. The van der Waals surface area contributed by atoms with Crippen LogP contribution in [0.4, 0.5) is 0 Å². The van der Waals surface area contributed by atoms with Gasteiger partial charge in [-0.2, -0.15) is 0 Å². The van der Waals surface area contributed by atoms with E-state index in [-0.39, 0.29) is 11.6 Å².